The Labute approximate surface area is 209 Å². The van der Waals surface area contributed by atoms with E-state index in [1.165, 1.54) is 5.56 Å². The van der Waals surface area contributed by atoms with E-state index in [1.807, 2.05) is 60.7 Å². The van der Waals surface area contributed by atoms with Crippen LogP contribution < -0.4 is 4.90 Å². The van der Waals surface area contributed by atoms with E-state index in [0.717, 1.165) is 33.5 Å². The molecular formula is C30H27N3OS. The number of carbonyl (C=O) groups excluding carboxylic acids is 1. The van der Waals surface area contributed by atoms with E-state index in [9.17, 15) is 4.79 Å². The average Bonchev–Trinajstić information content (AvgIpc) is 3.34. The van der Waals surface area contributed by atoms with Crippen LogP contribution in [0.3, 0.4) is 0 Å². The number of benzene rings is 3. The number of carbonyl (C=O) groups is 1. The molecule has 35 heavy (non-hydrogen) atoms. The van der Waals surface area contributed by atoms with Gasteiger partial charge in [-0.05, 0) is 47.4 Å². The Morgan fingerprint density at radius 2 is 1.57 bits per heavy atom. The molecule has 0 bridgehead atoms. The Morgan fingerprint density at radius 1 is 0.886 bits per heavy atom. The van der Waals surface area contributed by atoms with Gasteiger partial charge in [-0.25, -0.2) is 4.98 Å². The topological polar surface area (TPSA) is 46.1 Å². The maximum Gasteiger partial charge on any atom is 0.230 e. The molecule has 0 aliphatic carbocycles. The third-order valence-electron chi connectivity index (χ3n) is 6.21. The van der Waals surface area contributed by atoms with Gasteiger partial charge >= 0.3 is 0 Å². The molecule has 2 aromatic heterocycles. The maximum absolute atomic E-state index is 14.0. The summed E-state index contributed by atoms with van der Waals surface area (Å²) in [6.07, 6.45) is 3.08. The number of amides is 1. The SMILES string of the molecule is CCc1ccc2nc(N(Cc3ccccn3)C(=O)CC(c3ccccc3)c3ccccc3)sc2c1. The van der Waals surface area contributed by atoms with Crippen LogP contribution in [-0.2, 0) is 17.8 Å². The van der Waals surface area contributed by atoms with Crippen LogP contribution in [0.5, 0.6) is 0 Å². The summed E-state index contributed by atoms with van der Waals surface area (Å²) in [5, 5.41) is 0.712. The smallest absolute Gasteiger partial charge is 0.230 e. The number of thiazole rings is 1. The highest BCUT2D eigenvalue weighted by molar-refractivity contribution is 7.22. The number of hydrogen-bond acceptors (Lipinski definition) is 4. The van der Waals surface area contributed by atoms with Crippen LogP contribution in [0.1, 0.15) is 41.6 Å². The molecule has 0 aliphatic rings. The molecule has 0 unspecified atom stereocenters. The minimum absolute atomic E-state index is 0.0307. The number of rotatable bonds is 8. The van der Waals surface area contributed by atoms with Crippen LogP contribution in [-0.4, -0.2) is 15.9 Å². The van der Waals surface area contributed by atoms with Crippen LogP contribution in [0.4, 0.5) is 5.13 Å². The first-order valence-corrected chi connectivity index (χ1v) is 12.7. The first-order valence-electron chi connectivity index (χ1n) is 11.9. The van der Waals surface area contributed by atoms with Gasteiger partial charge in [-0.2, -0.15) is 0 Å². The molecule has 3 aromatic carbocycles. The Hall–Kier alpha value is -3.83. The largest absolute Gasteiger partial charge is 0.282 e. The highest BCUT2D eigenvalue weighted by Gasteiger charge is 2.25. The third kappa shape index (κ3) is 5.31. The molecule has 5 rings (SSSR count). The normalized spacial score (nSPS) is 11.1. The van der Waals surface area contributed by atoms with Crippen molar-refractivity contribution in [2.24, 2.45) is 0 Å². The second kappa shape index (κ2) is 10.6. The van der Waals surface area contributed by atoms with Gasteiger partial charge in [0.05, 0.1) is 22.5 Å². The summed E-state index contributed by atoms with van der Waals surface area (Å²) < 4.78 is 1.10. The first kappa shape index (κ1) is 22.9. The molecule has 0 N–H and O–H groups in total. The lowest BCUT2D eigenvalue weighted by Gasteiger charge is -2.24. The minimum Gasteiger partial charge on any atom is -0.282 e. The van der Waals surface area contributed by atoms with Crippen LogP contribution >= 0.6 is 11.3 Å². The summed E-state index contributed by atoms with van der Waals surface area (Å²) in [5.74, 6) is -0.0136. The van der Waals surface area contributed by atoms with Crippen LogP contribution in [0.25, 0.3) is 10.2 Å². The molecule has 4 nitrogen and oxygen atoms in total. The van der Waals surface area contributed by atoms with Gasteiger partial charge in [-0.15, -0.1) is 0 Å². The molecule has 0 radical (unpaired) electrons. The van der Waals surface area contributed by atoms with Gasteiger partial charge in [-0.3, -0.25) is 14.7 Å². The molecule has 0 saturated heterocycles. The van der Waals surface area contributed by atoms with E-state index < -0.39 is 0 Å². The number of pyridine rings is 1. The van der Waals surface area contributed by atoms with Gasteiger partial charge in [0.2, 0.25) is 5.91 Å². The zero-order valence-electron chi connectivity index (χ0n) is 19.7. The molecule has 1 amide bonds. The van der Waals surface area contributed by atoms with Crippen molar-refractivity contribution in [3.63, 3.8) is 0 Å². The highest BCUT2D eigenvalue weighted by Crippen LogP contribution is 2.34. The highest BCUT2D eigenvalue weighted by atomic mass is 32.1. The summed E-state index contributed by atoms with van der Waals surface area (Å²) in [4.78, 5) is 25.1. The Bertz CT molecular complexity index is 1360. The van der Waals surface area contributed by atoms with Crippen molar-refractivity contribution in [1.29, 1.82) is 0 Å². The zero-order chi connectivity index (χ0) is 24.0. The summed E-state index contributed by atoms with van der Waals surface area (Å²) in [7, 11) is 0. The van der Waals surface area contributed by atoms with E-state index in [4.69, 9.17) is 4.98 Å². The van der Waals surface area contributed by atoms with Crippen molar-refractivity contribution in [3.05, 3.63) is 126 Å². The van der Waals surface area contributed by atoms with E-state index in [-0.39, 0.29) is 11.8 Å². The molecule has 0 atom stereocenters. The molecule has 0 spiro atoms. The molecular weight excluding hydrogens is 450 g/mol. The molecule has 174 valence electrons. The number of fused-ring (bicyclic) bond motifs is 1. The van der Waals surface area contributed by atoms with Gasteiger partial charge in [0.1, 0.15) is 0 Å². The van der Waals surface area contributed by atoms with Crippen molar-refractivity contribution in [2.75, 3.05) is 4.90 Å². The fraction of sp³-hybridized carbons (Fsp3) is 0.167. The van der Waals surface area contributed by atoms with Crippen molar-refractivity contribution in [3.8, 4) is 0 Å². The van der Waals surface area contributed by atoms with Crippen molar-refractivity contribution >= 4 is 32.6 Å². The van der Waals surface area contributed by atoms with E-state index in [0.29, 0.717) is 18.1 Å². The van der Waals surface area contributed by atoms with Gasteiger partial charge in [0.25, 0.3) is 0 Å². The molecule has 0 fully saturated rings. The van der Waals surface area contributed by atoms with Gasteiger partial charge < -0.3 is 0 Å². The molecule has 5 aromatic rings. The Balaban J connectivity index is 1.52. The standard InChI is InChI=1S/C30H27N3OS/c1-2-22-16-17-27-28(19-22)35-30(32-27)33(21-25-15-9-10-18-31-25)29(34)20-26(23-11-5-3-6-12-23)24-13-7-4-8-14-24/h3-19,26H,2,20-21H2,1H3. The second-order valence-electron chi connectivity index (χ2n) is 8.53. The maximum atomic E-state index is 14.0. The zero-order valence-corrected chi connectivity index (χ0v) is 20.5. The summed E-state index contributed by atoms with van der Waals surface area (Å²) in [6, 6.07) is 32.6. The van der Waals surface area contributed by atoms with Gasteiger partial charge in [-0.1, -0.05) is 91.1 Å². The Morgan fingerprint density at radius 3 is 2.20 bits per heavy atom. The number of anilines is 1. The fourth-order valence-electron chi connectivity index (χ4n) is 4.29. The molecule has 0 aliphatic heterocycles. The monoisotopic (exact) mass is 477 g/mol. The fourth-order valence-corrected chi connectivity index (χ4v) is 5.34. The van der Waals surface area contributed by atoms with E-state index in [1.54, 1.807) is 22.4 Å². The van der Waals surface area contributed by atoms with Crippen LogP contribution in [0, 0.1) is 0 Å². The number of nitrogens with zero attached hydrogens (tertiary/aromatic N) is 3. The molecule has 2 heterocycles. The first-order chi connectivity index (χ1) is 17.2. The van der Waals surface area contributed by atoms with Crippen LogP contribution in [0.2, 0.25) is 0 Å². The van der Waals surface area contributed by atoms with E-state index in [2.05, 4.69) is 48.3 Å². The summed E-state index contributed by atoms with van der Waals surface area (Å²) in [5.41, 5.74) is 5.28. The van der Waals surface area contributed by atoms with E-state index >= 15 is 0 Å². The quantitative estimate of drug-likeness (QED) is 0.241. The number of aryl methyl sites for hydroxylation is 1. The van der Waals surface area contributed by atoms with Crippen LogP contribution in [0.15, 0.2) is 103 Å². The lowest BCUT2D eigenvalue weighted by molar-refractivity contribution is -0.119. The lowest BCUT2D eigenvalue weighted by atomic mass is 9.88. The van der Waals surface area contributed by atoms with Crippen molar-refractivity contribution < 1.29 is 4.79 Å². The number of hydrogen-bond donors (Lipinski definition) is 0. The second-order valence-corrected chi connectivity index (χ2v) is 9.54. The minimum atomic E-state index is -0.0443. The summed E-state index contributed by atoms with van der Waals surface area (Å²) in [6.45, 7) is 2.53. The molecule has 5 heteroatoms. The van der Waals surface area contributed by atoms with Crippen molar-refractivity contribution in [1.82, 2.24) is 9.97 Å². The lowest BCUT2D eigenvalue weighted by Crippen LogP contribution is -2.32. The number of aromatic nitrogens is 2. The predicted molar refractivity (Wildman–Crippen MR) is 144 cm³/mol. The van der Waals surface area contributed by atoms with Crippen molar-refractivity contribution in [2.45, 2.75) is 32.2 Å². The summed E-state index contributed by atoms with van der Waals surface area (Å²) >= 11 is 1.57. The van der Waals surface area contributed by atoms with Gasteiger partial charge in [0.15, 0.2) is 5.13 Å². The predicted octanol–water partition coefficient (Wildman–Crippen LogP) is 7.01. The third-order valence-corrected chi connectivity index (χ3v) is 7.25. The van der Waals surface area contributed by atoms with Gasteiger partial charge in [0, 0.05) is 18.5 Å². The molecule has 0 saturated carbocycles. The average molecular weight is 478 g/mol. The Kier molecular flexibility index (Phi) is 6.96.